The van der Waals surface area contributed by atoms with Crippen molar-refractivity contribution in [3.05, 3.63) is 100 Å². The summed E-state index contributed by atoms with van der Waals surface area (Å²) in [7, 11) is 0. The fourth-order valence-electron chi connectivity index (χ4n) is 4.92. The van der Waals surface area contributed by atoms with E-state index in [1.54, 1.807) is 6.07 Å². The number of aromatic nitrogens is 2. The Kier molecular flexibility index (Phi) is 6.03. The van der Waals surface area contributed by atoms with Gasteiger partial charge in [-0.1, -0.05) is 55.5 Å². The summed E-state index contributed by atoms with van der Waals surface area (Å²) in [4.78, 5) is 15.5. The molecule has 35 heavy (non-hydrogen) atoms. The highest BCUT2D eigenvalue weighted by Crippen LogP contribution is 2.46. The summed E-state index contributed by atoms with van der Waals surface area (Å²) < 4.78 is 5.90. The van der Waals surface area contributed by atoms with Gasteiger partial charge >= 0.3 is 0 Å². The maximum Gasteiger partial charge on any atom is 0.273 e. The number of H-pyrrole nitrogens is 1. The average molecular weight is 468 g/mol. The molecule has 178 valence electrons. The van der Waals surface area contributed by atoms with E-state index < -0.39 is 0 Å². The van der Waals surface area contributed by atoms with E-state index in [1.165, 1.54) is 0 Å². The lowest BCUT2D eigenvalue weighted by atomic mass is 9.93. The molecule has 3 aromatic carbocycles. The number of phenols is 1. The largest absolute Gasteiger partial charge is 0.507 e. The number of aromatic amines is 1. The zero-order valence-electron chi connectivity index (χ0n) is 20.2. The van der Waals surface area contributed by atoms with E-state index in [9.17, 15) is 9.90 Å². The van der Waals surface area contributed by atoms with Crippen LogP contribution in [0.1, 0.15) is 57.7 Å². The number of amides is 1. The zero-order valence-corrected chi connectivity index (χ0v) is 20.2. The van der Waals surface area contributed by atoms with Gasteiger partial charge in [0.05, 0.1) is 12.6 Å². The van der Waals surface area contributed by atoms with Crippen molar-refractivity contribution in [3.8, 4) is 22.8 Å². The van der Waals surface area contributed by atoms with Crippen LogP contribution in [-0.4, -0.2) is 32.7 Å². The molecule has 1 aliphatic rings. The van der Waals surface area contributed by atoms with Gasteiger partial charge in [0, 0.05) is 17.7 Å². The third-order valence-corrected chi connectivity index (χ3v) is 6.40. The van der Waals surface area contributed by atoms with Gasteiger partial charge < -0.3 is 14.7 Å². The van der Waals surface area contributed by atoms with Crippen molar-refractivity contribution in [2.75, 3.05) is 6.61 Å². The quantitative estimate of drug-likeness (QED) is 0.353. The molecule has 2 heterocycles. The minimum Gasteiger partial charge on any atom is -0.507 e. The van der Waals surface area contributed by atoms with Crippen molar-refractivity contribution in [2.45, 2.75) is 39.8 Å². The maximum atomic E-state index is 13.7. The predicted molar refractivity (Wildman–Crippen MR) is 136 cm³/mol. The van der Waals surface area contributed by atoms with Crippen LogP contribution in [0.2, 0.25) is 0 Å². The highest BCUT2D eigenvalue weighted by molar-refractivity contribution is 6.00. The van der Waals surface area contributed by atoms with E-state index >= 15 is 0 Å². The van der Waals surface area contributed by atoms with Gasteiger partial charge in [-0.25, -0.2) is 0 Å². The molecule has 1 aromatic heterocycles. The van der Waals surface area contributed by atoms with Gasteiger partial charge in [0.1, 0.15) is 22.9 Å². The first kappa shape index (κ1) is 22.7. The Morgan fingerprint density at radius 1 is 1.06 bits per heavy atom. The summed E-state index contributed by atoms with van der Waals surface area (Å²) in [5.41, 5.74) is 6.34. The molecule has 2 N–H and O–H groups in total. The van der Waals surface area contributed by atoms with Crippen LogP contribution in [0.3, 0.4) is 0 Å². The second-order valence-corrected chi connectivity index (χ2v) is 9.08. The molecule has 4 aromatic rings. The normalized spacial score (nSPS) is 14.9. The smallest absolute Gasteiger partial charge is 0.273 e. The zero-order chi connectivity index (χ0) is 24.5. The standard InChI is InChI=1S/C29H29N3O3/c1-4-13-35-22-12-8-11-21(16-22)28-25-26(24-19(3)14-18(2)15-23(24)33)30-31-27(25)29(34)32(28)17-20-9-6-5-7-10-20/h5-12,14-16,28,33H,4,13,17H2,1-3H3,(H,30,31). The fraction of sp³-hybridized carbons (Fsp3) is 0.241. The van der Waals surface area contributed by atoms with Crippen molar-refractivity contribution in [1.29, 1.82) is 0 Å². The molecule has 0 bridgehead atoms. The summed E-state index contributed by atoms with van der Waals surface area (Å²) in [6, 6.07) is 21.2. The van der Waals surface area contributed by atoms with Crippen molar-refractivity contribution >= 4 is 5.91 Å². The first-order valence-electron chi connectivity index (χ1n) is 11.9. The van der Waals surface area contributed by atoms with Crippen LogP contribution in [0.5, 0.6) is 11.5 Å². The summed E-state index contributed by atoms with van der Waals surface area (Å²) in [5, 5.41) is 18.4. The summed E-state index contributed by atoms with van der Waals surface area (Å²) in [6.45, 7) is 7.04. The fourth-order valence-corrected chi connectivity index (χ4v) is 4.92. The number of carbonyl (C=O) groups is 1. The SMILES string of the molecule is CCCOc1cccc(C2c3c(-c4c(C)cc(C)cc4O)n[nH]c3C(=O)N2Cc2ccccc2)c1. The number of nitrogens with zero attached hydrogens (tertiary/aromatic N) is 2. The highest BCUT2D eigenvalue weighted by Gasteiger charge is 2.42. The van der Waals surface area contributed by atoms with Crippen LogP contribution >= 0.6 is 0 Å². The summed E-state index contributed by atoms with van der Waals surface area (Å²) in [6.07, 6.45) is 0.911. The van der Waals surface area contributed by atoms with E-state index in [4.69, 9.17) is 4.74 Å². The van der Waals surface area contributed by atoms with Gasteiger partial charge in [-0.05, 0) is 60.7 Å². The van der Waals surface area contributed by atoms with Crippen LogP contribution in [0.25, 0.3) is 11.3 Å². The minimum atomic E-state index is -0.378. The van der Waals surface area contributed by atoms with Crippen molar-refractivity contribution < 1.29 is 14.6 Å². The Hall–Kier alpha value is -4.06. The first-order chi connectivity index (χ1) is 17.0. The predicted octanol–water partition coefficient (Wildman–Crippen LogP) is 5.93. The lowest BCUT2D eigenvalue weighted by Crippen LogP contribution is -2.29. The van der Waals surface area contributed by atoms with E-state index in [0.29, 0.717) is 30.1 Å². The molecular weight excluding hydrogens is 438 g/mol. The van der Waals surface area contributed by atoms with Gasteiger partial charge in [0.15, 0.2) is 0 Å². The number of hydrogen-bond donors (Lipinski definition) is 2. The third kappa shape index (κ3) is 4.16. The van der Waals surface area contributed by atoms with E-state index in [2.05, 4.69) is 17.1 Å². The highest BCUT2D eigenvalue weighted by atomic mass is 16.5. The maximum absolute atomic E-state index is 13.7. The number of phenolic OH excluding ortho intramolecular Hbond substituents is 1. The van der Waals surface area contributed by atoms with Crippen LogP contribution in [0, 0.1) is 13.8 Å². The Balaban J connectivity index is 1.67. The molecule has 6 nitrogen and oxygen atoms in total. The van der Waals surface area contributed by atoms with Crippen molar-refractivity contribution in [3.63, 3.8) is 0 Å². The summed E-state index contributed by atoms with van der Waals surface area (Å²) >= 11 is 0. The number of benzene rings is 3. The molecule has 0 fully saturated rings. The van der Waals surface area contributed by atoms with Crippen molar-refractivity contribution in [1.82, 2.24) is 15.1 Å². The third-order valence-electron chi connectivity index (χ3n) is 6.40. The second kappa shape index (κ2) is 9.29. The Bertz CT molecular complexity index is 1350. The number of carbonyl (C=O) groups excluding carboxylic acids is 1. The molecule has 1 aliphatic heterocycles. The second-order valence-electron chi connectivity index (χ2n) is 9.08. The molecule has 0 saturated carbocycles. The monoisotopic (exact) mass is 467 g/mol. The van der Waals surface area contributed by atoms with Gasteiger partial charge in [-0.2, -0.15) is 5.10 Å². The van der Waals surface area contributed by atoms with E-state index in [1.807, 2.05) is 79.4 Å². The first-order valence-corrected chi connectivity index (χ1v) is 11.9. The van der Waals surface area contributed by atoms with E-state index in [-0.39, 0.29) is 17.7 Å². The van der Waals surface area contributed by atoms with Crippen LogP contribution in [0.15, 0.2) is 66.7 Å². The molecular formula is C29H29N3O3. The number of ether oxygens (including phenoxy) is 1. The Labute approximate surface area is 205 Å². The lowest BCUT2D eigenvalue weighted by Gasteiger charge is -2.27. The van der Waals surface area contributed by atoms with Crippen LogP contribution in [0.4, 0.5) is 0 Å². The van der Waals surface area contributed by atoms with Crippen molar-refractivity contribution in [2.24, 2.45) is 0 Å². The molecule has 0 spiro atoms. The van der Waals surface area contributed by atoms with Crippen LogP contribution < -0.4 is 4.74 Å². The van der Waals surface area contributed by atoms with E-state index in [0.717, 1.165) is 40.0 Å². The molecule has 1 atom stereocenters. The molecule has 6 heteroatoms. The topological polar surface area (TPSA) is 78.5 Å². The molecule has 5 rings (SSSR count). The lowest BCUT2D eigenvalue weighted by molar-refractivity contribution is 0.0730. The number of hydrogen-bond acceptors (Lipinski definition) is 4. The van der Waals surface area contributed by atoms with Crippen LogP contribution in [-0.2, 0) is 6.54 Å². The average Bonchev–Trinajstić information content (AvgIpc) is 3.37. The van der Waals surface area contributed by atoms with Gasteiger partial charge in [0.25, 0.3) is 5.91 Å². The Morgan fingerprint density at radius 2 is 1.86 bits per heavy atom. The molecule has 1 amide bonds. The number of aromatic hydroxyl groups is 1. The molecule has 0 aliphatic carbocycles. The van der Waals surface area contributed by atoms with Gasteiger partial charge in [-0.3, -0.25) is 9.89 Å². The summed E-state index contributed by atoms with van der Waals surface area (Å²) in [5.74, 6) is 0.811. The van der Waals surface area contributed by atoms with Gasteiger partial charge in [0.2, 0.25) is 0 Å². The molecule has 0 saturated heterocycles. The minimum absolute atomic E-state index is 0.114. The number of aryl methyl sites for hydroxylation is 2. The molecule has 1 unspecified atom stereocenters. The number of nitrogens with one attached hydrogen (secondary N) is 1. The Morgan fingerprint density at radius 3 is 2.60 bits per heavy atom. The number of rotatable bonds is 7. The van der Waals surface area contributed by atoms with Gasteiger partial charge in [-0.15, -0.1) is 0 Å². The molecule has 0 radical (unpaired) electrons. The number of fused-ring (bicyclic) bond motifs is 1.